The number of ether oxygens (including phenoxy) is 1. The number of anilines is 1. The number of nitrogen functional groups attached to an aromatic ring is 1. The van der Waals surface area contributed by atoms with Crippen LogP contribution in [0.2, 0.25) is 0 Å². The van der Waals surface area contributed by atoms with Crippen LogP contribution in [-0.4, -0.2) is 19.0 Å². The van der Waals surface area contributed by atoms with Gasteiger partial charge in [0.15, 0.2) is 6.61 Å². The Morgan fingerprint density at radius 3 is 2.80 bits per heavy atom. The molecule has 0 spiro atoms. The first-order valence-electron chi connectivity index (χ1n) is 4.01. The second-order valence-electron chi connectivity index (χ2n) is 2.73. The monoisotopic (exact) mass is 279 g/mol. The van der Waals surface area contributed by atoms with Crippen molar-refractivity contribution in [1.29, 1.82) is 0 Å². The number of alkyl halides is 2. The molecule has 0 aliphatic heterocycles. The maximum Gasteiger partial charge on any atom is 0.339 e. The van der Waals surface area contributed by atoms with Gasteiger partial charge in [-0.05, 0) is 34.1 Å². The van der Waals surface area contributed by atoms with Crippen molar-refractivity contribution in [2.45, 2.75) is 6.43 Å². The topological polar surface area (TPSA) is 52.3 Å². The van der Waals surface area contributed by atoms with Gasteiger partial charge in [0.1, 0.15) is 0 Å². The van der Waals surface area contributed by atoms with E-state index in [4.69, 9.17) is 5.73 Å². The molecule has 0 amide bonds. The second kappa shape index (κ2) is 5.06. The molecule has 1 rings (SSSR count). The largest absolute Gasteiger partial charge is 0.456 e. The number of carbonyl (C=O) groups is 1. The Bertz CT molecular complexity index is 371. The Hall–Kier alpha value is -1.17. The molecule has 82 valence electrons. The van der Waals surface area contributed by atoms with Crippen molar-refractivity contribution in [3.63, 3.8) is 0 Å². The number of halogens is 3. The fourth-order valence-corrected chi connectivity index (χ4v) is 1.32. The molecule has 15 heavy (non-hydrogen) atoms. The molecule has 0 radical (unpaired) electrons. The van der Waals surface area contributed by atoms with Crippen LogP contribution < -0.4 is 5.73 Å². The maximum atomic E-state index is 11.8. The standard InChI is InChI=1S/C9H8BrF2NO2/c10-7-2-1-5(13)3-6(7)9(14)15-4-8(11)12/h1-3,8H,4,13H2. The molecule has 0 aliphatic rings. The van der Waals surface area contributed by atoms with E-state index >= 15 is 0 Å². The molecule has 0 fully saturated rings. The van der Waals surface area contributed by atoms with Crippen LogP contribution in [0.1, 0.15) is 10.4 Å². The third kappa shape index (κ3) is 3.47. The van der Waals surface area contributed by atoms with Gasteiger partial charge < -0.3 is 10.5 Å². The van der Waals surface area contributed by atoms with Crippen LogP contribution in [0.25, 0.3) is 0 Å². The summed E-state index contributed by atoms with van der Waals surface area (Å²) in [6.45, 7) is -0.917. The van der Waals surface area contributed by atoms with Gasteiger partial charge in [0.2, 0.25) is 0 Å². The lowest BCUT2D eigenvalue weighted by atomic mass is 10.2. The van der Waals surface area contributed by atoms with Crippen LogP contribution in [0.15, 0.2) is 22.7 Å². The highest BCUT2D eigenvalue weighted by Crippen LogP contribution is 2.20. The highest BCUT2D eigenvalue weighted by molar-refractivity contribution is 9.10. The van der Waals surface area contributed by atoms with Crippen LogP contribution in [-0.2, 0) is 4.74 Å². The summed E-state index contributed by atoms with van der Waals surface area (Å²) in [5.74, 6) is -0.825. The molecule has 0 saturated carbocycles. The van der Waals surface area contributed by atoms with Gasteiger partial charge in [0.25, 0.3) is 6.43 Å². The van der Waals surface area contributed by atoms with E-state index in [1.54, 1.807) is 12.1 Å². The molecular formula is C9H8BrF2NO2. The third-order valence-electron chi connectivity index (χ3n) is 1.55. The summed E-state index contributed by atoms with van der Waals surface area (Å²) >= 11 is 3.09. The molecule has 0 saturated heterocycles. The van der Waals surface area contributed by atoms with Crippen molar-refractivity contribution in [3.05, 3.63) is 28.2 Å². The van der Waals surface area contributed by atoms with Gasteiger partial charge in [0, 0.05) is 10.2 Å². The van der Waals surface area contributed by atoms with E-state index in [2.05, 4.69) is 20.7 Å². The van der Waals surface area contributed by atoms with Gasteiger partial charge in [-0.15, -0.1) is 0 Å². The van der Waals surface area contributed by atoms with Gasteiger partial charge in [-0.3, -0.25) is 0 Å². The average molecular weight is 280 g/mol. The first-order chi connectivity index (χ1) is 7.00. The van der Waals surface area contributed by atoms with Crippen LogP contribution in [0.4, 0.5) is 14.5 Å². The Balaban J connectivity index is 2.77. The van der Waals surface area contributed by atoms with Crippen LogP contribution in [0, 0.1) is 0 Å². The smallest absolute Gasteiger partial charge is 0.339 e. The minimum atomic E-state index is -2.67. The van der Waals surface area contributed by atoms with Crippen molar-refractivity contribution in [2.24, 2.45) is 0 Å². The molecule has 2 N–H and O–H groups in total. The zero-order valence-electron chi connectivity index (χ0n) is 7.54. The fourth-order valence-electron chi connectivity index (χ4n) is 0.916. The van der Waals surface area contributed by atoms with Crippen molar-refractivity contribution < 1.29 is 18.3 Å². The fraction of sp³-hybridized carbons (Fsp3) is 0.222. The summed E-state index contributed by atoms with van der Waals surface area (Å²) in [7, 11) is 0. The molecule has 0 aromatic heterocycles. The zero-order chi connectivity index (χ0) is 11.4. The van der Waals surface area contributed by atoms with Gasteiger partial charge >= 0.3 is 5.97 Å². The molecule has 0 aliphatic carbocycles. The first kappa shape index (κ1) is 11.9. The number of hydrogen-bond acceptors (Lipinski definition) is 3. The Morgan fingerprint density at radius 1 is 1.53 bits per heavy atom. The van der Waals surface area contributed by atoms with Gasteiger partial charge in [-0.2, -0.15) is 0 Å². The molecule has 0 heterocycles. The van der Waals surface area contributed by atoms with Crippen LogP contribution >= 0.6 is 15.9 Å². The van der Waals surface area contributed by atoms with E-state index in [0.717, 1.165) is 0 Å². The number of rotatable bonds is 3. The lowest BCUT2D eigenvalue weighted by Crippen LogP contribution is -2.12. The third-order valence-corrected chi connectivity index (χ3v) is 2.24. The van der Waals surface area contributed by atoms with Gasteiger partial charge in [-0.1, -0.05) is 0 Å². The average Bonchev–Trinajstić information content (AvgIpc) is 2.18. The minimum absolute atomic E-state index is 0.135. The van der Waals surface area contributed by atoms with E-state index in [1.165, 1.54) is 6.07 Å². The lowest BCUT2D eigenvalue weighted by Gasteiger charge is -2.06. The normalized spacial score (nSPS) is 10.4. The van der Waals surface area contributed by atoms with E-state index in [-0.39, 0.29) is 5.56 Å². The summed E-state index contributed by atoms with van der Waals surface area (Å²) in [5.41, 5.74) is 5.94. The molecule has 0 unspecified atom stereocenters. The molecular weight excluding hydrogens is 272 g/mol. The number of hydrogen-bond donors (Lipinski definition) is 1. The summed E-state index contributed by atoms with van der Waals surface area (Å²) in [5, 5.41) is 0. The predicted molar refractivity (Wildman–Crippen MR) is 54.8 cm³/mol. The molecule has 6 heteroatoms. The first-order valence-corrected chi connectivity index (χ1v) is 4.80. The van der Waals surface area contributed by atoms with Gasteiger partial charge in [0.05, 0.1) is 5.56 Å². The maximum absolute atomic E-state index is 11.8. The molecule has 0 bridgehead atoms. The van der Waals surface area contributed by atoms with Gasteiger partial charge in [-0.25, -0.2) is 13.6 Å². The summed E-state index contributed by atoms with van der Waals surface area (Å²) in [6, 6.07) is 4.49. The number of carbonyl (C=O) groups excluding carboxylic acids is 1. The van der Waals surface area contributed by atoms with E-state index in [0.29, 0.717) is 10.2 Å². The highest BCUT2D eigenvalue weighted by Gasteiger charge is 2.14. The number of esters is 1. The van der Waals surface area contributed by atoms with Crippen molar-refractivity contribution in [2.75, 3.05) is 12.3 Å². The van der Waals surface area contributed by atoms with Crippen molar-refractivity contribution in [1.82, 2.24) is 0 Å². The molecule has 3 nitrogen and oxygen atoms in total. The minimum Gasteiger partial charge on any atom is -0.456 e. The van der Waals surface area contributed by atoms with Crippen LogP contribution in [0.3, 0.4) is 0 Å². The molecule has 0 atom stereocenters. The SMILES string of the molecule is Nc1ccc(Br)c(C(=O)OCC(F)F)c1. The second-order valence-corrected chi connectivity index (χ2v) is 3.58. The Labute approximate surface area is 93.3 Å². The molecule has 1 aromatic rings. The summed E-state index contributed by atoms with van der Waals surface area (Å²) < 4.78 is 28.4. The zero-order valence-corrected chi connectivity index (χ0v) is 9.13. The summed E-state index contributed by atoms with van der Waals surface area (Å²) in [6.07, 6.45) is -2.67. The number of nitrogens with two attached hydrogens (primary N) is 1. The lowest BCUT2D eigenvalue weighted by molar-refractivity contribution is 0.0159. The molecule has 1 aromatic carbocycles. The van der Waals surface area contributed by atoms with E-state index in [1.807, 2.05) is 0 Å². The van der Waals surface area contributed by atoms with E-state index in [9.17, 15) is 13.6 Å². The Morgan fingerprint density at radius 2 is 2.20 bits per heavy atom. The quantitative estimate of drug-likeness (QED) is 0.683. The van der Waals surface area contributed by atoms with Crippen molar-refractivity contribution >= 4 is 27.6 Å². The predicted octanol–water partition coefficient (Wildman–Crippen LogP) is 2.45. The summed E-state index contributed by atoms with van der Waals surface area (Å²) in [4.78, 5) is 11.3. The highest BCUT2D eigenvalue weighted by atomic mass is 79.9. The van der Waals surface area contributed by atoms with Crippen molar-refractivity contribution in [3.8, 4) is 0 Å². The van der Waals surface area contributed by atoms with Crippen LogP contribution in [0.5, 0.6) is 0 Å². The number of benzene rings is 1. The van der Waals surface area contributed by atoms with E-state index < -0.39 is 19.0 Å². The Kier molecular flexibility index (Phi) is 4.02.